The number of carbonyl (C=O) groups excluding carboxylic acids is 2. The normalized spacial score (nSPS) is 14.9. The van der Waals surface area contributed by atoms with Gasteiger partial charge in [-0.05, 0) is 29.8 Å². The number of nitrogens with two attached hydrogens (primary N) is 1. The second-order valence-corrected chi connectivity index (χ2v) is 5.95. The molecular formula is C19H21N3O3. The number of nitrogens with zero attached hydrogens (tertiary/aromatic N) is 1. The van der Waals surface area contributed by atoms with Crippen LogP contribution in [0.4, 0.5) is 5.69 Å². The number of nitrogens with one attached hydrogen (secondary N) is 1. The van der Waals surface area contributed by atoms with Gasteiger partial charge in [0.1, 0.15) is 0 Å². The van der Waals surface area contributed by atoms with Crippen molar-refractivity contribution >= 4 is 17.5 Å². The molecule has 6 heteroatoms. The highest BCUT2D eigenvalue weighted by atomic mass is 16.5. The van der Waals surface area contributed by atoms with Gasteiger partial charge in [0, 0.05) is 25.2 Å². The first-order chi connectivity index (χ1) is 12.1. The molecule has 6 nitrogen and oxygen atoms in total. The summed E-state index contributed by atoms with van der Waals surface area (Å²) in [5.41, 5.74) is 7.67. The average Bonchev–Trinajstić information content (AvgIpc) is 2.63. The van der Waals surface area contributed by atoms with Crippen molar-refractivity contribution in [3.63, 3.8) is 0 Å². The Bertz CT molecular complexity index is 770. The molecule has 3 rings (SSSR count). The minimum absolute atomic E-state index is 0.266. The van der Waals surface area contributed by atoms with Gasteiger partial charge in [-0.2, -0.15) is 0 Å². The fraction of sp³-hybridized carbons (Fsp3) is 0.263. The summed E-state index contributed by atoms with van der Waals surface area (Å²) in [6.07, 6.45) is 0. The van der Waals surface area contributed by atoms with Crippen LogP contribution in [0, 0.1) is 0 Å². The third kappa shape index (κ3) is 4.43. The Morgan fingerprint density at radius 3 is 2.60 bits per heavy atom. The van der Waals surface area contributed by atoms with Gasteiger partial charge in [0.05, 0.1) is 24.5 Å². The van der Waals surface area contributed by atoms with Crippen molar-refractivity contribution in [1.29, 1.82) is 0 Å². The Morgan fingerprint density at radius 2 is 1.84 bits per heavy atom. The number of hydrogen-bond donors (Lipinski definition) is 2. The van der Waals surface area contributed by atoms with E-state index >= 15 is 0 Å². The van der Waals surface area contributed by atoms with Gasteiger partial charge in [0.15, 0.2) is 0 Å². The highest BCUT2D eigenvalue weighted by Crippen LogP contribution is 2.17. The first-order valence-corrected chi connectivity index (χ1v) is 8.23. The van der Waals surface area contributed by atoms with Crippen molar-refractivity contribution < 1.29 is 14.3 Å². The van der Waals surface area contributed by atoms with E-state index < -0.39 is 5.91 Å². The maximum absolute atomic E-state index is 12.5. The van der Waals surface area contributed by atoms with E-state index in [0.29, 0.717) is 16.8 Å². The first kappa shape index (κ1) is 17.1. The molecule has 130 valence electrons. The number of anilines is 1. The molecule has 0 radical (unpaired) electrons. The fourth-order valence-electron chi connectivity index (χ4n) is 2.83. The second-order valence-electron chi connectivity index (χ2n) is 5.95. The zero-order chi connectivity index (χ0) is 17.6. The van der Waals surface area contributed by atoms with E-state index in [0.717, 1.165) is 38.4 Å². The molecule has 0 spiro atoms. The molecule has 2 aromatic carbocycles. The van der Waals surface area contributed by atoms with E-state index in [9.17, 15) is 9.59 Å². The number of hydrogen-bond acceptors (Lipinski definition) is 4. The number of carbonyl (C=O) groups is 2. The Labute approximate surface area is 146 Å². The molecule has 0 aromatic heterocycles. The number of ether oxygens (including phenoxy) is 1. The predicted octanol–water partition coefficient (Wildman–Crippen LogP) is 1.87. The fourth-order valence-corrected chi connectivity index (χ4v) is 2.83. The molecule has 0 saturated carbocycles. The van der Waals surface area contributed by atoms with Crippen molar-refractivity contribution in [2.24, 2.45) is 5.73 Å². The molecule has 1 fully saturated rings. The summed E-state index contributed by atoms with van der Waals surface area (Å²) >= 11 is 0. The summed E-state index contributed by atoms with van der Waals surface area (Å²) in [6.45, 7) is 4.04. The predicted molar refractivity (Wildman–Crippen MR) is 95.5 cm³/mol. The van der Waals surface area contributed by atoms with Crippen molar-refractivity contribution in [2.45, 2.75) is 6.54 Å². The maximum Gasteiger partial charge on any atom is 0.255 e. The van der Waals surface area contributed by atoms with E-state index in [1.807, 2.05) is 18.2 Å². The lowest BCUT2D eigenvalue weighted by Gasteiger charge is -2.26. The Balaban J connectivity index is 1.72. The largest absolute Gasteiger partial charge is 0.379 e. The van der Waals surface area contributed by atoms with Crippen molar-refractivity contribution in [1.82, 2.24) is 4.90 Å². The summed E-state index contributed by atoms with van der Waals surface area (Å²) in [4.78, 5) is 26.3. The average molecular weight is 339 g/mol. The number of rotatable bonds is 5. The van der Waals surface area contributed by atoms with Crippen LogP contribution >= 0.6 is 0 Å². The molecule has 2 aromatic rings. The lowest BCUT2D eigenvalue weighted by molar-refractivity contribution is 0.0342. The lowest BCUT2D eigenvalue weighted by atomic mass is 10.1. The van der Waals surface area contributed by atoms with Gasteiger partial charge in [-0.15, -0.1) is 0 Å². The Hall–Kier alpha value is -2.70. The van der Waals surface area contributed by atoms with E-state index in [1.54, 1.807) is 30.3 Å². The number of primary amides is 1. The van der Waals surface area contributed by atoms with Gasteiger partial charge < -0.3 is 15.8 Å². The van der Waals surface area contributed by atoms with Crippen LogP contribution in [-0.2, 0) is 11.3 Å². The van der Waals surface area contributed by atoms with Gasteiger partial charge in [-0.1, -0.05) is 24.3 Å². The van der Waals surface area contributed by atoms with Crippen LogP contribution in [0.5, 0.6) is 0 Å². The summed E-state index contributed by atoms with van der Waals surface area (Å²) in [6, 6.07) is 14.2. The minimum atomic E-state index is -0.572. The van der Waals surface area contributed by atoms with Crippen molar-refractivity contribution in [3.8, 4) is 0 Å². The summed E-state index contributed by atoms with van der Waals surface area (Å²) in [7, 11) is 0. The monoisotopic (exact) mass is 339 g/mol. The zero-order valence-electron chi connectivity index (χ0n) is 13.9. The topological polar surface area (TPSA) is 84.7 Å². The van der Waals surface area contributed by atoms with E-state index in [1.165, 1.54) is 0 Å². The van der Waals surface area contributed by atoms with E-state index in [2.05, 4.69) is 10.2 Å². The molecule has 0 aliphatic carbocycles. The molecule has 1 aliphatic rings. The molecule has 0 atom stereocenters. The quantitative estimate of drug-likeness (QED) is 0.871. The third-order valence-corrected chi connectivity index (χ3v) is 4.14. The van der Waals surface area contributed by atoms with Crippen LogP contribution in [0.2, 0.25) is 0 Å². The van der Waals surface area contributed by atoms with Gasteiger partial charge in [0.2, 0.25) is 0 Å². The van der Waals surface area contributed by atoms with Crippen LogP contribution in [-0.4, -0.2) is 43.0 Å². The van der Waals surface area contributed by atoms with Crippen LogP contribution in [0.25, 0.3) is 0 Å². The highest BCUT2D eigenvalue weighted by molar-refractivity contribution is 6.08. The smallest absolute Gasteiger partial charge is 0.255 e. The summed E-state index contributed by atoms with van der Waals surface area (Å²) < 4.78 is 5.35. The van der Waals surface area contributed by atoms with E-state index in [4.69, 9.17) is 10.5 Å². The van der Waals surface area contributed by atoms with Gasteiger partial charge in [-0.25, -0.2) is 0 Å². The van der Waals surface area contributed by atoms with Gasteiger partial charge in [0.25, 0.3) is 11.8 Å². The Kier molecular flexibility index (Phi) is 5.42. The molecule has 0 bridgehead atoms. The lowest BCUT2D eigenvalue weighted by Crippen LogP contribution is -2.35. The zero-order valence-corrected chi connectivity index (χ0v) is 13.9. The van der Waals surface area contributed by atoms with E-state index in [-0.39, 0.29) is 5.91 Å². The van der Waals surface area contributed by atoms with Crippen LogP contribution < -0.4 is 11.1 Å². The number of benzene rings is 2. The van der Waals surface area contributed by atoms with Crippen molar-refractivity contribution in [3.05, 3.63) is 65.2 Å². The molecular weight excluding hydrogens is 318 g/mol. The molecule has 3 N–H and O–H groups in total. The van der Waals surface area contributed by atoms with Crippen molar-refractivity contribution in [2.75, 3.05) is 31.6 Å². The van der Waals surface area contributed by atoms with Gasteiger partial charge >= 0.3 is 0 Å². The number of amides is 2. The minimum Gasteiger partial charge on any atom is -0.379 e. The molecule has 1 heterocycles. The maximum atomic E-state index is 12.5. The van der Waals surface area contributed by atoms with Crippen LogP contribution in [0.3, 0.4) is 0 Å². The standard InChI is InChI=1S/C19H21N3O3/c20-18(23)16-6-1-2-7-17(16)21-19(24)15-5-3-4-14(12-15)13-22-8-10-25-11-9-22/h1-7,12H,8-11,13H2,(H2,20,23)(H,21,24). The first-order valence-electron chi connectivity index (χ1n) is 8.23. The van der Waals surface area contributed by atoms with Crippen LogP contribution in [0.15, 0.2) is 48.5 Å². The van der Waals surface area contributed by atoms with Crippen LogP contribution in [0.1, 0.15) is 26.3 Å². The Morgan fingerprint density at radius 1 is 1.08 bits per heavy atom. The van der Waals surface area contributed by atoms with Gasteiger partial charge in [-0.3, -0.25) is 14.5 Å². The number of morpholine rings is 1. The second kappa shape index (κ2) is 7.92. The number of para-hydroxylation sites is 1. The molecule has 2 amide bonds. The molecule has 1 saturated heterocycles. The SMILES string of the molecule is NC(=O)c1ccccc1NC(=O)c1cccc(CN2CCOCC2)c1. The summed E-state index contributed by atoms with van der Waals surface area (Å²) in [5.74, 6) is -0.838. The molecule has 1 aliphatic heterocycles. The molecule has 25 heavy (non-hydrogen) atoms. The summed E-state index contributed by atoms with van der Waals surface area (Å²) in [5, 5.41) is 2.77. The molecule has 0 unspecified atom stereocenters. The highest BCUT2D eigenvalue weighted by Gasteiger charge is 2.14. The third-order valence-electron chi connectivity index (χ3n) is 4.14.